The minimum absolute atomic E-state index is 0.248. The van der Waals surface area contributed by atoms with E-state index in [4.69, 9.17) is 14.2 Å². The Bertz CT molecular complexity index is 796. The van der Waals surface area contributed by atoms with Gasteiger partial charge >= 0.3 is 11.9 Å². The van der Waals surface area contributed by atoms with E-state index in [9.17, 15) is 9.59 Å². The van der Waals surface area contributed by atoms with Gasteiger partial charge in [0.1, 0.15) is 22.6 Å². The molecule has 1 rings (SSSR count). The molecule has 0 spiro atoms. The fourth-order valence-electron chi connectivity index (χ4n) is 2.85. The first kappa shape index (κ1) is 26.2. The van der Waals surface area contributed by atoms with Crippen molar-refractivity contribution in [3.63, 3.8) is 0 Å². The van der Waals surface area contributed by atoms with Gasteiger partial charge in [0.15, 0.2) is 0 Å². The second-order valence-corrected chi connectivity index (χ2v) is 9.35. The summed E-state index contributed by atoms with van der Waals surface area (Å²) in [6.07, 6.45) is 7.76. The highest BCUT2D eigenvalue weighted by molar-refractivity contribution is 5.82. The Hall–Kier alpha value is -2.82. The zero-order chi connectivity index (χ0) is 23.7. The summed E-state index contributed by atoms with van der Waals surface area (Å²) in [7, 11) is 0. The molecule has 0 aliphatic carbocycles. The van der Waals surface area contributed by atoms with Crippen molar-refractivity contribution < 1.29 is 23.8 Å². The van der Waals surface area contributed by atoms with Crippen LogP contribution in [0.4, 0.5) is 0 Å². The zero-order valence-electron chi connectivity index (χ0n) is 19.7. The van der Waals surface area contributed by atoms with Gasteiger partial charge in [-0.15, -0.1) is 0 Å². The lowest BCUT2D eigenvalue weighted by Gasteiger charge is -2.32. The lowest BCUT2D eigenvalue weighted by Crippen LogP contribution is -2.35. The third-order valence-electron chi connectivity index (χ3n) is 4.48. The summed E-state index contributed by atoms with van der Waals surface area (Å²) in [6, 6.07) is 7.81. The molecule has 0 bridgehead atoms. The van der Waals surface area contributed by atoms with Gasteiger partial charge in [0.25, 0.3) is 0 Å². The maximum atomic E-state index is 11.9. The third-order valence-corrected chi connectivity index (χ3v) is 4.48. The first-order valence-electron chi connectivity index (χ1n) is 10.4. The SMILES string of the molecule is C=CC(=O)OC(C)(C)CCC(C)(CC=Cc1ccc(OC(C)(C)C)cc1)OC(=O)C=C. The molecule has 0 aliphatic heterocycles. The van der Waals surface area contributed by atoms with Crippen LogP contribution in [0.5, 0.6) is 5.75 Å². The fourth-order valence-corrected chi connectivity index (χ4v) is 2.85. The van der Waals surface area contributed by atoms with Gasteiger partial charge in [-0.1, -0.05) is 37.4 Å². The molecule has 5 heteroatoms. The van der Waals surface area contributed by atoms with Gasteiger partial charge < -0.3 is 14.2 Å². The van der Waals surface area contributed by atoms with E-state index < -0.39 is 23.1 Å². The molecule has 1 atom stereocenters. The highest BCUT2D eigenvalue weighted by Crippen LogP contribution is 2.29. The summed E-state index contributed by atoms with van der Waals surface area (Å²) >= 11 is 0. The van der Waals surface area contributed by atoms with E-state index in [-0.39, 0.29) is 5.60 Å². The van der Waals surface area contributed by atoms with E-state index in [1.807, 2.05) is 78.0 Å². The molecule has 1 aromatic rings. The van der Waals surface area contributed by atoms with Crippen molar-refractivity contribution in [2.45, 2.75) is 77.6 Å². The van der Waals surface area contributed by atoms with Crippen molar-refractivity contribution in [2.24, 2.45) is 0 Å². The van der Waals surface area contributed by atoms with Crippen LogP contribution in [-0.2, 0) is 19.1 Å². The maximum Gasteiger partial charge on any atom is 0.330 e. The topological polar surface area (TPSA) is 61.8 Å². The molecule has 0 saturated heterocycles. The first-order valence-corrected chi connectivity index (χ1v) is 10.4. The van der Waals surface area contributed by atoms with Gasteiger partial charge in [-0.05, 0) is 72.1 Å². The predicted octanol–water partition coefficient (Wildman–Crippen LogP) is 6.04. The minimum Gasteiger partial charge on any atom is -0.488 e. The molecule has 0 fully saturated rings. The summed E-state index contributed by atoms with van der Waals surface area (Å²) in [5, 5.41) is 0. The molecule has 0 aliphatic rings. The standard InChI is InChI=1S/C26H36O5/c1-9-22(27)30-25(6,7)18-19-26(8,31-23(28)10-2)17-11-12-20-13-15-21(16-14-20)29-24(3,4)5/h9-16H,1-2,17-19H2,3-8H3. The molecule has 0 radical (unpaired) electrons. The van der Waals surface area contributed by atoms with E-state index in [2.05, 4.69) is 13.2 Å². The van der Waals surface area contributed by atoms with Crippen LogP contribution in [0.3, 0.4) is 0 Å². The molecule has 0 N–H and O–H groups in total. The normalized spacial score (nSPS) is 13.9. The highest BCUT2D eigenvalue weighted by atomic mass is 16.6. The van der Waals surface area contributed by atoms with Crippen LogP contribution in [0.2, 0.25) is 0 Å². The summed E-state index contributed by atoms with van der Waals surface area (Å²) in [6.45, 7) is 18.4. The van der Waals surface area contributed by atoms with Crippen LogP contribution in [-0.4, -0.2) is 28.7 Å². The van der Waals surface area contributed by atoms with Gasteiger partial charge in [-0.3, -0.25) is 0 Å². The van der Waals surface area contributed by atoms with E-state index in [0.29, 0.717) is 19.3 Å². The number of esters is 2. The molecule has 1 unspecified atom stereocenters. The van der Waals surface area contributed by atoms with Crippen LogP contribution < -0.4 is 4.74 Å². The van der Waals surface area contributed by atoms with Crippen molar-refractivity contribution in [2.75, 3.05) is 0 Å². The van der Waals surface area contributed by atoms with Crippen LogP contribution in [0.15, 0.2) is 55.7 Å². The summed E-state index contributed by atoms with van der Waals surface area (Å²) in [5.41, 5.74) is -0.713. The van der Waals surface area contributed by atoms with Crippen molar-refractivity contribution >= 4 is 18.0 Å². The Morgan fingerprint density at radius 2 is 1.42 bits per heavy atom. The Morgan fingerprint density at radius 1 is 0.871 bits per heavy atom. The van der Waals surface area contributed by atoms with E-state index in [0.717, 1.165) is 23.5 Å². The van der Waals surface area contributed by atoms with E-state index >= 15 is 0 Å². The second kappa shape index (κ2) is 11.0. The molecule has 0 saturated carbocycles. The average molecular weight is 429 g/mol. The third kappa shape index (κ3) is 10.7. The molecule has 5 nitrogen and oxygen atoms in total. The second-order valence-electron chi connectivity index (χ2n) is 9.35. The van der Waals surface area contributed by atoms with E-state index in [1.54, 1.807) is 0 Å². The molecule has 0 amide bonds. The Kier molecular flexibility index (Phi) is 9.29. The average Bonchev–Trinajstić information content (AvgIpc) is 2.66. The summed E-state index contributed by atoms with van der Waals surface area (Å²) in [5.74, 6) is -0.153. The number of hydrogen-bond donors (Lipinski definition) is 0. The van der Waals surface area contributed by atoms with E-state index in [1.165, 1.54) is 0 Å². The Morgan fingerprint density at radius 3 is 1.94 bits per heavy atom. The molecule has 1 aromatic carbocycles. The smallest absolute Gasteiger partial charge is 0.330 e. The van der Waals surface area contributed by atoms with Gasteiger partial charge in [-0.2, -0.15) is 0 Å². The fraction of sp³-hybridized carbons (Fsp3) is 0.462. The summed E-state index contributed by atoms with van der Waals surface area (Å²) < 4.78 is 16.9. The monoisotopic (exact) mass is 428 g/mol. The number of hydrogen-bond acceptors (Lipinski definition) is 5. The van der Waals surface area contributed by atoms with Crippen LogP contribution in [0.25, 0.3) is 6.08 Å². The quantitative estimate of drug-likeness (QED) is 0.317. The lowest BCUT2D eigenvalue weighted by atomic mass is 9.89. The lowest BCUT2D eigenvalue weighted by molar-refractivity contribution is -0.158. The van der Waals surface area contributed by atoms with Crippen molar-refractivity contribution in [3.8, 4) is 5.75 Å². The van der Waals surface area contributed by atoms with Crippen molar-refractivity contribution in [1.82, 2.24) is 0 Å². The minimum atomic E-state index is -0.769. The molecule has 0 aromatic heterocycles. The number of benzene rings is 1. The Labute approximate surface area is 186 Å². The van der Waals surface area contributed by atoms with Gasteiger partial charge in [0.05, 0.1) is 0 Å². The number of ether oxygens (including phenoxy) is 3. The zero-order valence-corrected chi connectivity index (χ0v) is 19.7. The summed E-state index contributed by atoms with van der Waals surface area (Å²) in [4.78, 5) is 23.4. The van der Waals surface area contributed by atoms with Gasteiger partial charge in [-0.25, -0.2) is 9.59 Å². The maximum absolute atomic E-state index is 11.9. The Balaban J connectivity index is 2.84. The molecule has 31 heavy (non-hydrogen) atoms. The van der Waals surface area contributed by atoms with Gasteiger partial charge in [0, 0.05) is 18.6 Å². The molecular formula is C26H36O5. The van der Waals surface area contributed by atoms with Crippen LogP contribution in [0, 0.1) is 0 Å². The highest BCUT2D eigenvalue weighted by Gasteiger charge is 2.31. The van der Waals surface area contributed by atoms with Gasteiger partial charge in [0.2, 0.25) is 0 Å². The van der Waals surface area contributed by atoms with Crippen molar-refractivity contribution in [1.29, 1.82) is 0 Å². The van der Waals surface area contributed by atoms with Crippen LogP contribution >= 0.6 is 0 Å². The number of carbonyl (C=O) groups is 2. The predicted molar refractivity (Wildman–Crippen MR) is 125 cm³/mol. The number of rotatable bonds is 11. The van der Waals surface area contributed by atoms with Crippen molar-refractivity contribution in [3.05, 3.63) is 61.2 Å². The first-order chi connectivity index (χ1) is 14.3. The molecule has 0 heterocycles. The molecule has 170 valence electrons. The van der Waals surface area contributed by atoms with Crippen LogP contribution in [0.1, 0.15) is 66.4 Å². The number of carbonyl (C=O) groups excluding carboxylic acids is 2. The molecular weight excluding hydrogens is 392 g/mol. The largest absolute Gasteiger partial charge is 0.488 e.